The van der Waals surface area contributed by atoms with Crippen LogP contribution in [0.5, 0.6) is 0 Å². The lowest BCUT2D eigenvalue weighted by atomic mass is 9.81. The van der Waals surface area contributed by atoms with Crippen molar-refractivity contribution in [2.75, 3.05) is 45.9 Å². The standard InChI is InChI=1S/C17H31N3O2.2ClH/c18-17(6-2-1-3-7-17)16(21)20-8-4-15(5-9-20)14-19-10-12-22-13-11-19;;/h15H,1-14,18H2;2*1H. The second-order valence-corrected chi connectivity index (χ2v) is 7.37. The molecule has 2 N–H and O–H groups in total. The van der Waals surface area contributed by atoms with Gasteiger partial charge in [-0.25, -0.2) is 0 Å². The van der Waals surface area contributed by atoms with E-state index in [-0.39, 0.29) is 30.7 Å². The predicted octanol–water partition coefficient (Wildman–Crippen LogP) is 2.06. The molecule has 3 aliphatic rings. The maximum atomic E-state index is 12.7. The van der Waals surface area contributed by atoms with Crippen LogP contribution in [0.1, 0.15) is 44.9 Å². The van der Waals surface area contributed by atoms with E-state index in [2.05, 4.69) is 4.90 Å². The Morgan fingerprint density at radius 3 is 2.17 bits per heavy atom. The van der Waals surface area contributed by atoms with Gasteiger partial charge in [0.15, 0.2) is 0 Å². The molecule has 3 fully saturated rings. The van der Waals surface area contributed by atoms with Crippen LogP contribution in [0.4, 0.5) is 0 Å². The number of halogens is 2. The van der Waals surface area contributed by atoms with Gasteiger partial charge in [-0.3, -0.25) is 9.69 Å². The second-order valence-electron chi connectivity index (χ2n) is 7.37. The summed E-state index contributed by atoms with van der Waals surface area (Å²) in [5.41, 5.74) is 5.84. The molecule has 0 unspecified atom stereocenters. The molecule has 0 spiro atoms. The van der Waals surface area contributed by atoms with Crippen molar-refractivity contribution in [1.82, 2.24) is 9.80 Å². The van der Waals surface area contributed by atoms with E-state index in [0.29, 0.717) is 0 Å². The average molecular weight is 382 g/mol. The topological polar surface area (TPSA) is 58.8 Å². The summed E-state index contributed by atoms with van der Waals surface area (Å²) in [7, 11) is 0. The maximum Gasteiger partial charge on any atom is 0.242 e. The molecule has 0 bridgehead atoms. The monoisotopic (exact) mass is 381 g/mol. The fraction of sp³-hybridized carbons (Fsp3) is 0.941. The van der Waals surface area contributed by atoms with Crippen molar-refractivity contribution < 1.29 is 9.53 Å². The Labute approximate surface area is 158 Å². The highest BCUT2D eigenvalue weighted by Crippen LogP contribution is 2.29. The van der Waals surface area contributed by atoms with Crippen molar-refractivity contribution in [3.8, 4) is 0 Å². The third kappa shape index (κ3) is 5.46. The first-order chi connectivity index (χ1) is 10.7. The number of rotatable bonds is 3. The van der Waals surface area contributed by atoms with E-state index < -0.39 is 5.54 Å². The van der Waals surface area contributed by atoms with Gasteiger partial charge in [-0.1, -0.05) is 19.3 Å². The largest absolute Gasteiger partial charge is 0.379 e. The lowest BCUT2D eigenvalue weighted by Crippen LogP contribution is -2.58. The van der Waals surface area contributed by atoms with Crippen LogP contribution in [0.2, 0.25) is 0 Å². The zero-order valence-electron chi connectivity index (χ0n) is 14.6. The number of amides is 1. The van der Waals surface area contributed by atoms with Crippen LogP contribution in [0.15, 0.2) is 0 Å². The van der Waals surface area contributed by atoms with E-state index in [1.54, 1.807) is 0 Å². The van der Waals surface area contributed by atoms with E-state index in [4.69, 9.17) is 10.5 Å². The van der Waals surface area contributed by atoms with Gasteiger partial charge in [-0.05, 0) is 31.6 Å². The summed E-state index contributed by atoms with van der Waals surface area (Å²) in [5, 5.41) is 0. The Balaban J connectivity index is 0.00000144. The van der Waals surface area contributed by atoms with Gasteiger partial charge in [0.25, 0.3) is 0 Å². The van der Waals surface area contributed by atoms with Gasteiger partial charge in [0.1, 0.15) is 0 Å². The SMILES string of the molecule is Cl.Cl.NC1(C(=O)N2CCC(CN3CCOCC3)CC2)CCCCC1. The van der Waals surface area contributed by atoms with Crippen molar-refractivity contribution >= 4 is 30.7 Å². The highest BCUT2D eigenvalue weighted by atomic mass is 35.5. The number of morpholine rings is 1. The maximum absolute atomic E-state index is 12.7. The molecule has 0 aromatic rings. The fourth-order valence-electron chi connectivity index (χ4n) is 4.18. The lowest BCUT2D eigenvalue weighted by molar-refractivity contribution is -0.139. The quantitative estimate of drug-likeness (QED) is 0.812. The van der Waals surface area contributed by atoms with Crippen LogP contribution in [-0.2, 0) is 9.53 Å². The molecule has 142 valence electrons. The van der Waals surface area contributed by atoms with Crippen LogP contribution in [0, 0.1) is 5.92 Å². The first kappa shape index (κ1) is 22.0. The van der Waals surface area contributed by atoms with Crippen LogP contribution >= 0.6 is 24.8 Å². The van der Waals surface area contributed by atoms with E-state index in [1.807, 2.05) is 4.90 Å². The molecule has 2 saturated heterocycles. The summed E-state index contributed by atoms with van der Waals surface area (Å²) < 4.78 is 5.41. The Morgan fingerprint density at radius 2 is 1.58 bits per heavy atom. The first-order valence-electron chi connectivity index (χ1n) is 9.06. The van der Waals surface area contributed by atoms with Gasteiger partial charge in [0.05, 0.1) is 18.8 Å². The molecule has 0 aromatic carbocycles. The van der Waals surface area contributed by atoms with Gasteiger partial charge in [0.2, 0.25) is 5.91 Å². The first-order valence-corrected chi connectivity index (χ1v) is 9.06. The molecule has 5 nitrogen and oxygen atoms in total. The minimum Gasteiger partial charge on any atom is -0.379 e. The number of ether oxygens (including phenoxy) is 1. The van der Waals surface area contributed by atoms with Gasteiger partial charge < -0.3 is 15.4 Å². The van der Waals surface area contributed by atoms with E-state index >= 15 is 0 Å². The van der Waals surface area contributed by atoms with E-state index in [9.17, 15) is 4.79 Å². The predicted molar refractivity (Wildman–Crippen MR) is 101 cm³/mol. The molecule has 24 heavy (non-hydrogen) atoms. The molecule has 1 aliphatic carbocycles. The summed E-state index contributed by atoms with van der Waals surface area (Å²) in [4.78, 5) is 17.3. The molecule has 3 rings (SSSR count). The van der Waals surface area contributed by atoms with Crippen LogP contribution in [0.25, 0.3) is 0 Å². The van der Waals surface area contributed by atoms with Gasteiger partial charge >= 0.3 is 0 Å². The van der Waals surface area contributed by atoms with Crippen molar-refractivity contribution in [3.63, 3.8) is 0 Å². The summed E-state index contributed by atoms with van der Waals surface area (Å²) >= 11 is 0. The lowest BCUT2D eigenvalue weighted by Gasteiger charge is -2.41. The second kappa shape index (κ2) is 10.2. The number of carbonyl (C=O) groups excluding carboxylic acids is 1. The summed E-state index contributed by atoms with van der Waals surface area (Å²) in [6.07, 6.45) is 7.44. The summed E-state index contributed by atoms with van der Waals surface area (Å²) in [5.74, 6) is 0.944. The van der Waals surface area contributed by atoms with Crippen molar-refractivity contribution in [2.24, 2.45) is 11.7 Å². The van der Waals surface area contributed by atoms with Crippen LogP contribution in [-0.4, -0.2) is 67.2 Å². The number of hydrogen-bond acceptors (Lipinski definition) is 4. The highest BCUT2D eigenvalue weighted by Gasteiger charge is 2.39. The minimum absolute atomic E-state index is 0. The normalized spacial score (nSPS) is 25.5. The average Bonchev–Trinajstić information content (AvgIpc) is 2.56. The third-order valence-electron chi connectivity index (χ3n) is 5.69. The Bertz CT molecular complexity index is 378. The summed E-state index contributed by atoms with van der Waals surface area (Å²) in [6, 6.07) is 0. The number of likely N-dealkylation sites (tertiary alicyclic amines) is 1. The van der Waals surface area contributed by atoms with Crippen LogP contribution in [0.3, 0.4) is 0 Å². The number of nitrogens with zero attached hydrogens (tertiary/aromatic N) is 2. The fourth-order valence-corrected chi connectivity index (χ4v) is 4.18. The number of hydrogen-bond donors (Lipinski definition) is 1. The number of piperidine rings is 1. The summed E-state index contributed by atoms with van der Waals surface area (Å²) in [6.45, 7) is 6.81. The molecule has 2 aliphatic heterocycles. The molecule has 0 atom stereocenters. The van der Waals surface area contributed by atoms with Crippen molar-refractivity contribution in [3.05, 3.63) is 0 Å². The van der Waals surface area contributed by atoms with Gasteiger partial charge in [-0.15, -0.1) is 24.8 Å². The zero-order valence-corrected chi connectivity index (χ0v) is 16.2. The molecule has 0 aromatic heterocycles. The third-order valence-corrected chi connectivity index (χ3v) is 5.69. The smallest absolute Gasteiger partial charge is 0.242 e. The van der Waals surface area contributed by atoms with E-state index in [1.165, 1.54) is 13.0 Å². The van der Waals surface area contributed by atoms with E-state index in [0.717, 1.165) is 83.8 Å². The molecule has 1 amide bonds. The molecule has 2 heterocycles. The molecular formula is C17H33Cl2N3O2. The van der Waals surface area contributed by atoms with Crippen molar-refractivity contribution in [1.29, 1.82) is 0 Å². The number of carbonyl (C=O) groups is 1. The Morgan fingerprint density at radius 1 is 1.00 bits per heavy atom. The van der Waals surface area contributed by atoms with Crippen molar-refractivity contribution in [2.45, 2.75) is 50.5 Å². The highest BCUT2D eigenvalue weighted by molar-refractivity contribution is 5.86. The molecule has 1 saturated carbocycles. The Kier molecular flexibility index (Phi) is 9.31. The van der Waals surface area contributed by atoms with Gasteiger partial charge in [0, 0.05) is 32.7 Å². The van der Waals surface area contributed by atoms with Gasteiger partial charge in [-0.2, -0.15) is 0 Å². The number of nitrogens with two attached hydrogens (primary N) is 1. The minimum atomic E-state index is -0.560. The molecular weight excluding hydrogens is 349 g/mol. The Hall–Kier alpha value is -0.0700. The molecule has 7 heteroatoms. The zero-order chi connectivity index (χ0) is 15.4. The van der Waals surface area contributed by atoms with Crippen LogP contribution < -0.4 is 5.73 Å². The molecule has 0 radical (unpaired) electrons.